The summed E-state index contributed by atoms with van der Waals surface area (Å²) in [5.74, 6) is -0.535. The number of ether oxygens (including phenoxy) is 1. The Balaban J connectivity index is 2.07. The summed E-state index contributed by atoms with van der Waals surface area (Å²) in [6, 6.07) is 13.6. The topological polar surface area (TPSA) is 47.0 Å². The van der Waals surface area contributed by atoms with Crippen molar-refractivity contribution in [1.29, 1.82) is 0 Å². The quantitative estimate of drug-likeness (QED) is 0.691. The van der Waals surface area contributed by atoms with Crippen LogP contribution in [0.4, 0.5) is 24.7 Å². The van der Waals surface area contributed by atoms with Crippen molar-refractivity contribution in [3.63, 3.8) is 0 Å². The van der Waals surface area contributed by atoms with Gasteiger partial charge in [0.2, 0.25) is 5.82 Å². The molecule has 3 rings (SSSR count). The summed E-state index contributed by atoms with van der Waals surface area (Å²) in [7, 11) is 0. The molecule has 25 heavy (non-hydrogen) atoms. The summed E-state index contributed by atoms with van der Waals surface area (Å²) in [6.45, 7) is 2.49. The second kappa shape index (κ2) is 6.96. The van der Waals surface area contributed by atoms with Crippen molar-refractivity contribution in [2.24, 2.45) is 0 Å². The van der Waals surface area contributed by atoms with Gasteiger partial charge in [0.25, 0.3) is 0 Å². The first-order valence-electron chi connectivity index (χ1n) is 7.82. The van der Waals surface area contributed by atoms with Gasteiger partial charge in [-0.05, 0) is 30.7 Å². The van der Waals surface area contributed by atoms with Crippen LogP contribution in [0.25, 0.3) is 10.9 Å². The molecule has 0 saturated carbocycles. The van der Waals surface area contributed by atoms with E-state index in [0.717, 1.165) is 6.42 Å². The Kier molecular flexibility index (Phi) is 4.74. The fraction of sp³-hybridized carbons (Fsp3) is 0.222. The van der Waals surface area contributed by atoms with Crippen LogP contribution >= 0.6 is 0 Å². The maximum absolute atomic E-state index is 13.1. The molecule has 0 aliphatic rings. The van der Waals surface area contributed by atoms with Crippen LogP contribution < -0.4 is 10.1 Å². The third-order valence-electron chi connectivity index (χ3n) is 3.46. The van der Waals surface area contributed by atoms with E-state index >= 15 is 0 Å². The molecule has 3 aromatic rings. The zero-order valence-corrected chi connectivity index (χ0v) is 13.5. The number of halogens is 3. The number of hydrogen-bond acceptors (Lipinski definition) is 4. The molecule has 0 saturated heterocycles. The summed E-state index contributed by atoms with van der Waals surface area (Å²) in [5.41, 5.74) is 0.771. The third kappa shape index (κ3) is 3.81. The molecule has 0 fully saturated rings. The molecule has 0 aliphatic heterocycles. The number of para-hydroxylation sites is 3. The highest BCUT2D eigenvalue weighted by Crippen LogP contribution is 2.33. The Morgan fingerprint density at radius 1 is 1.00 bits per heavy atom. The largest absolute Gasteiger partial charge is 0.491 e. The summed E-state index contributed by atoms with van der Waals surface area (Å²) in [4.78, 5) is 7.30. The van der Waals surface area contributed by atoms with E-state index in [0.29, 0.717) is 23.4 Å². The molecule has 0 bridgehead atoms. The van der Waals surface area contributed by atoms with Crippen molar-refractivity contribution >= 4 is 22.4 Å². The van der Waals surface area contributed by atoms with E-state index in [1.54, 1.807) is 42.5 Å². The molecule has 4 nitrogen and oxygen atoms in total. The number of anilines is 2. The first-order chi connectivity index (χ1) is 12.0. The molecule has 1 heterocycles. The number of benzene rings is 2. The summed E-state index contributed by atoms with van der Waals surface area (Å²) >= 11 is 0. The first kappa shape index (κ1) is 17.0. The average molecular weight is 347 g/mol. The number of alkyl halides is 3. The highest BCUT2D eigenvalue weighted by Gasteiger charge is 2.35. The summed E-state index contributed by atoms with van der Waals surface area (Å²) in [5, 5.41) is 3.46. The maximum Gasteiger partial charge on any atom is 0.451 e. The van der Waals surface area contributed by atoms with E-state index < -0.39 is 12.0 Å². The molecule has 0 amide bonds. The van der Waals surface area contributed by atoms with Crippen molar-refractivity contribution in [3.05, 3.63) is 54.4 Å². The molecule has 0 unspecified atom stereocenters. The van der Waals surface area contributed by atoms with E-state index in [1.165, 1.54) is 6.07 Å². The molecule has 0 aliphatic carbocycles. The minimum atomic E-state index is -4.63. The van der Waals surface area contributed by atoms with Crippen molar-refractivity contribution in [3.8, 4) is 5.75 Å². The Morgan fingerprint density at radius 3 is 2.48 bits per heavy atom. The molecule has 0 atom stereocenters. The van der Waals surface area contributed by atoms with Crippen LogP contribution in [0.3, 0.4) is 0 Å². The van der Waals surface area contributed by atoms with E-state index in [9.17, 15) is 13.2 Å². The van der Waals surface area contributed by atoms with Crippen molar-refractivity contribution in [1.82, 2.24) is 9.97 Å². The van der Waals surface area contributed by atoms with Gasteiger partial charge in [0.15, 0.2) is 0 Å². The van der Waals surface area contributed by atoms with Crippen LogP contribution in [0, 0.1) is 0 Å². The fourth-order valence-electron chi connectivity index (χ4n) is 2.33. The second-order valence-corrected chi connectivity index (χ2v) is 5.38. The highest BCUT2D eigenvalue weighted by atomic mass is 19.4. The smallest absolute Gasteiger partial charge is 0.451 e. The lowest BCUT2D eigenvalue weighted by atomic mass is 10.2. The van der Waals surface area contributed by atoms with Crippen molar-refractivity contribution < 1.29 is 17.9 Å². The summed E-state index contributed by atoms with van der Waals surface area (Å²) in [6.07, 6.45) is -3.80. The molecule has 7 heteroatoms. The van der Waals surface area contributed by atoms with Crippen LogP contribution in [-0.2, 0) is 6.18 Å². The molecular weight excluding hydrogens is 331 g/mol. The van der Waals surface area contributed by atoms with Crippen LogP contribution in [-0.4, -0.2) is 16.6 Å². The number of nitrogens with one attached hydrogen (secondary N) is 1. The molecule has 2 aromatic carbocycles. The van der Waals surface area contributed by atoms with E-state index in [-0.39, 0.29) is 11.3 Å². The Hall–Kier alpha value is -2.83. The molecule has 130 valence electrons. The lowest BCUT2D eigenvalue weighted by molar-refractivity contribution is -0.144. The Labute approximate surface area is 142 Å². The van der Waals surface area contributed by atoms with Gasteiger partial charge in [0.1, 0.15) is 11.6 Å². The molecule has 0 radical (unpaired) electrons. The van der Waals surface area contributed by atoms with Gasteiger partial charge in [-0.25, -0.2) is 9.97 Å². The number of rotatable bonds is 5. The van der Waals surface area contributed by atoms with Gasteiger partial charge in [-0.15, -0.1) is 0 Å². The standard InChI is InChI=1S/C18H16F3N3O/c1-2-11-25-15-10-6-5-9-14(15)22-16-12-7-3-4-8-13(12)23-17(24-16)18(19,20)21/h3-10H,2,11H2,1H3,(H,22,23,24). The molecule has 0 spiro atoms. The lowest BCUT2D eigenvalue weighted by Gasteiger charge is -2.15. The zero-order chi connectivity index (χ0) is 17.9. The van der Waals surface area contributed by atoms with Gasteiger partial charge in [0.05, 0.1) is 17.8 Å². The minimum absolute atomic E-state index is 0.0884. The summed E-state index contributed by atoms with van der Waals surface area (Å²) < 4.78 is 44.9. The number of nitrogens with zero attached hydrogens (tertiary/aromatic N) is 2. The third-order valence-corrected chi connectivity index (χ3v) is 3.46. The average Bonchev–Trinajstić information content (AvgIpc) is 2.60. The number of aromatic nitrogens is 2. The van der Waals surface area contributed by atoms with E-state index in [2.05, 4.69) is 15.3 Å². The van der Waals surface area contributed by atoms with E-state index in [1.807, 2.05) is 6.92 Å². The predicted octanol–water partition coefficient (Wildman–Crippen LogP) is 5.18. The number of hydrogen-bond donors (Lipinski definition) is 1. The van der Waals surface area contributed by atoms with Crippen molar-refractivity contribution in [2.45, 2.75) is 19.5 Å². The van der Waals surface area contributed by atoms with Gasteiger partial charge < -0.3 is 10.1 Å². The van der Waals surface area contributed by atoms with Gasteiger partial charge in [0, 0.05) is 5.39 Å². The fourth-order valence-corrected chi connectivity index (χ4v) is 2.33. The number of fused-ring (bicyclic) bond motifs is 1. The van der Waals surface area contributed by atoms with Gasteiger partial charge in [-0.1, -0.05) is 31.2 Å². The normalized spacial score (nSPS) is 11.5. The van der Waals surface area contributed by atoms with Crippen LogP contribution in [0.5, 0.6) is 5.75 Å². The zero-order valence-electron chi connectivity index (χ0n) is 13.5. The first-order valence-corrected chi connectivity index (χ1v) is 7.82. The Bertz CT molecular complexity index is 881. The minimum Gasteiger partial charge on any atom is -0.491 e. The molecule has 1 N–H and O–H groups in total. The maximum atomic E-state index is 13.1. The SMILES string of the molecule is CCCOc1ccccc1Nc1nc(C(F)(F)F)nc2ccccc12. The van der Waals surface area contributed by atoms with E-state index in [4.69, 9.17) is 4.74 Å². The van der Waals surface area contributed by atoms with Crippen molar-refractivity contribution in [2.75, 3.05) is 11.9 Å². The van der Waals surface area contributed by atoms with Crippen LogP contribution in [0.1, 0.15) is 19.2 Å². The van der Waals surface area contributed by atoms with Gasteiger partial charge in [-0.2, -0.15) is 13.2 Å². The monoisotopic (exact) mass is 347 g/mol. The highest BCUT2D eigenvalue weighted by molar-refractivity contribution is 5.91. The Morgan fingerprint density at radius 2 is 1.72 bits per heavy atom. The molecular formula is C18H16F3N3O. The van der Waals surface area contributed by atoms with Crippen LogP contribution in [0.2, 0.25) is 0 Å². The lowest BCUT2D eigenvalue weighted by Crippen LogP contribution is -2.13. The molecule has 1 aromatic heterocycles. The van der Waals surface area contributed by atoms with Gasteiger partial charge >= 0.3 is 6.18 Å². The predicted molar refractivity (Wildman–Crippen MR) is 90.1 cm³/mol. The second-order valence-electron chi connectivity index (χ2n) is 5.38. The van der Waals surface area contributed by atoms with Crippen LogP contribution in [0.15, 0.2) is 48.5 Å². The van der Waals surface area contributed by atoms with Gasteiger partial charge in [-0.3, -0.25) is 0 Å².